The number of methoxy groups -OCH3 is 2. The predicted molar refractivity (Wildman–Crippen MR) is 64.8 cm³/mol. The monoisotopic (exact) mass is 291 g/mol. The molecule has 1 aromatic rings. The van der Waals surface area contributed by atoms with Gasteiger partial charge in [0, 0.05) is 5.56 Å². The zero-order chi connectivity index (χ0) is 12.1. The van der Waals surface area contributed by atoms with E-state index in [4.69, 9.17) is 9.47 Å². The van der Waals surface area contributed by atoms with Crippen molar-refractivity contribution < 1.29 is 13.9 Å². The molecule has 0 saturated carbocycles. The van der Waals surface area contributed by atoms with Crippen molar-refractivity contribution in [3.8, 4) is 11.5 Å². The van der Waals surface area contributed by atoms with Gasteiger partial charge in [-0.1, -0.05) is 0 Å². The molecule has 3 nitrogen and oxygen atoms in total. The number of ether oxygens (including phenoxy) is 2. The van der Waals surface area contributed by atoms with E-state index < -0.39 is 0 Å². The molecule has 0 aromatic heterocycles. The van der Waals surface area contributed by atoms with Crippen molar-refractivity contribution in [2.75, 3.05) is 27.8 Å². The molecular formula is C11H15BrFNO2. The second kappa shape index (κ2) is 6.06. The molecule has 1 aromatic carbocycles. The van der Waals surface area contributed by atoms with Gasteiger partial charge in [-0.15, -0.1) is 0 Å². The van der Waals surface area contributed by atoms with Crippen LogP contribution in [-0.4, -0.2) is 27.8 Å². The first-order valence-corrected chi connectivity index (χ1v) is 5.68. The van der Waals surface area contributed by atoms with Crippen molar-refractivity contribution in [3.63, 3.8) is 0 Å². The van der Waals surface area contributed by atoms with Crippen molar-refractivity contribution in [2.45, 2.75) is 6.42 Å². The summed E-state index contributed by atoms with van der Waals surface area (Å²) in [5.74, 6) is 0.680. The molecule has 0 aliphatic rings. The normalized spacial score (nSPS) is 10.3. The van der Waals surface area contributed by atoms with Crippen LogP contribution in [0.5, 0.6) is 11.5 Å². The maximum atomic E-state index is 13.7. The molecule has 0 bridgehead atoms. The van der Waals surface area contributed by atoms with Gasteiger partial charge in [0.25, 0.3) is 0 Å². The van der Waals surface area contributed by atoms with Gasteiger partial charge in [0.2, 0.25) is 0 Å². The summed E-state index contributed by atoms with van der Waals surface area (Å²) in [6.07, 6.45) is 0.551. The van der Waals surface area contributed by atoms with Gasteiger partial charge in [0.15, 0.2) is 11.5 Å². The Balaban J connectivity index is 3.22. The van der Waals surface area contributed by atoms with Gasteiger partial charge in [-0.05, 0) is 42.0 Å². The third-order valence-electron chi connectivity index (χ3n) is 2.27. The molecule has 1 N–H and O–H groups in total. The lowest BCUT2D eigenvalue weighted by Crippen LogP contribution is -2.12. The van der Waals surface area contributed by atoms with E-state index in [1.54, 1.807) is 0 Å². The van der Waals surface area contributed by atoms with Crippen LogP contribution in [0.1, 0.15) is 5.56 Å². The smallest absolute Gasteiger partial charge is 0.175 e. The highest BCUT2D eigenvalue weighted by atomic mass is 79.9. The van der Waals surface area contributed by atoms with E-state index in [2.05, 4.69) is 21.2 Å². The minimum atomic E-state index is -0.292. The maximum absolute atomic E-state index is 13.7. The van der Waals surface area contributed by atoms with Crippen molar-refractivity contribution in [1.82, 2.24) is 5.32 Å². The first-order valence-electron chi connectivity index (χ1n) is 4.89. The Morgan fingerprint density at radius 3 is 2.44 bits per heavy atom. The molecule has 0 amide bonds. The van der Waals surface area contributed by atoms with Crippen LogP contribution in [0.25, 0.3) is 0 Å². The molecule has 0 heterocycles. The number of benzene rings is 1. The van der Waals surface area contributed by atoms with Gasteiger partial charge in [0.05, 0.1) is 18.7 Å². The average Bonchev–Trinajstić information content (AvgIpc) is 2.27. The number of halogens is 2. The molecule has 1 rings (SSSR count). The van der Waals surface area contributed by atoms with E-state index >= 15 is 0 Å². The Labute approximate surface area is 103 Å². The molecule has 0 unspecified atom stereocenters. The summed E-state index contributed by atoms with van der Waals surface area (Å²) in [5.41, 5.74) is 0.525. The lowest BCUT2D eigenvalue weighted by atomic mass is 10.1. The third-order valence-corrected chi connectivity index (χ3v) is 2.86. The summed E-state index contributed by atoms with van der Waals surface area (Å²) in [6.45, 7) is 0.679. The second-order valence-corrected chi connectivity index (χ2v) is 4.09. The Bertz CT molecular complexity index is 371. The van der Waals surface area contributed by atoms with Crippen LogP contribution < -0.4 is 14.8 Å². The molecule has 90 valence electrons. The number of likely N-dealkylation sites (N-methyl/N-ethyl adjacent to an activating group) is 1. The van der Waals surface area contributed by atoms with Crippen molar-refractivity contribution in [1.29, 1.82) is 0 Å². The standard InChI is InChI=1S/C11H15BrFNO2/c1-14-5-4-7-9(13)6-8(12)11(16-3)10(7)15-2/h6,14H,4-5H2,1-3H3. The summed E-state index contributed by atoms with van der Waals surface area (Å²) in [6, 6.07) is 1.40. The fourth-order valence-corrected chi connectivity index (χ4v) is 2.05. The summed E-state index contributed by atoms with van der Waals surface area (Å²) < 4.78 is 24.7. The Morgan fingerprint density at radius 1 is 1.31 bits per heavy atom. The first-order chi connectivity index (χ1) is 7.65. The Morgan fingerprint density at radius 2 is 1.94 bits per heavy atom. The number of nitrogens with one attached hydrogen (secondary N) is 1. The fourth-order valence-electron chi connectivity index (χ4n) is 1.51. The lowest BCUT2D eigenvalue weighted by molar-refractivity contribution is 0.346. The van der Waals surface area contributed by atoms with E-state index in [0.29, 0.717) is 34.5 Å². The van der Waals surface area contributed by atoms with E-state index in [1.165, 1.54) is 20.3 Å². The minimum absolute atomic E-state index is 0.292. The number of hydrogen-bond acceptors (Lipinski definition) is 3. The van der Waals surface area contributed by atoms with E-state index in [9.17, 15) is 4.39 Å². The topological polar surface area (TPSA) is 30.5 Å². The van der Waals surface area contributed by atoms with Gasteiger partial charge in [-0.25, -0.2) is 4.39 Å². The Kier molecular flexibility index (Phi) is 5.02. The van der Waals surface area contributed by atoms with Crippen molar-refractivity contribution in [2.24, 2.45) is 0 Å². The van der Waals surface area contributed by atoms with Crippen LogP contribution in [-0.2, 0) is 6.42 Å². The van der Waals surface area contributed by atoms with Crippen molar-refractivity contribution in [3.05, 3.63) is 21.9 Å². The molecule has 16 heavy (non-hydrogen) atoms. The molecule has 5 heteroatoms. The zero-order valence-corrected chi connectivity index (χ0v) is 11.1. The number of rotatable bonds is 5. The van der Waals surface area contributed by atoms with Crippen LogP contribution in [0.2, 0.25) is 0 Å². The largest absolute Gasteiger partial charge is 0.492 e. The van der Waals surface area contributed by atoms with Gasteiger partial charge in [-0.3, -0.25) is 0 Å². The molecule has 0 saturated heterocycles. The highest BCUT2D eigenvalue weighted by Crippen LogP contribution is 2.39. The van der Waals surface area contributed by atoms with Gasteiger partial charge < -0.3 is 14.8 Å². The molecule has 0 aliphatic carbocycles. The summed E-state index contributed by atoms with van der Waals surface area (Å²) in [7, 11) is 4.86. The number of hydrogen-bond donors (Lipinski definition) is 1. The summed E-state index contributed by atoms with van der Waals surface area (Å²) in [4.78, 5) is 0. The fraction of sp³-hybridized carbons (Fsp3) is 0.455. The highest BCUT2D eigenvalue weighted by molar-refractivity contribution is 9.10. The van der Waals surface area contributed by atoms with E-state index in [0.717, 1.165) is 0 Å². The quantitative estimate of drug-likeness (QED) is 0.903. The lowest BCUT2D eigenvalue weighted by Gasteiger charge is -2.15. The summed E-state index contributed by atoms with van der Waals surface area (Å²) in [5, 5.41) is 2.97. The van der Waals surface area contributed by atoms with Gasteiger partial charge >= 0.3 is 0 Å². The second-order valence-electron chi connectivity index (χ2n) is 3.24. The Hall–Kier alpha value is -0.810. The van der Waals surface area contributed by atoms with E-state index in [-0.39, 0.29) is 5.82 Å². The zero-order valence-electron chi connectivity index (χ0n) is 9.56. The van der Waals surface area contributed by atoms with E-state index in [1.807, 2.05) is 7.05 Å². The third kappa shape index (κ3) is 2.65. The molecule has 0 aliphatic heterocycles. The molecular weight excluding hydrogens is 277 g/mol. The van der Waals surface area contributed by atoms with Gasteiger partial charge in [0.1, 0.15) is 5.82 Å². The van der Waals surface area contributed by atoms with Crippen LogP contribution in [0.4, 0.5) is 4.39 Å². The van der Waals surface area contributed by atoms with Crippen LogP contribution in [0.3, 0.4) is 0 Å². The molecule has 0 fully saturated rings. The first kappa shape index (κ1) is 13.3. The average molecular weight is 292 g/mol. The molecule has 0 atom stereocenters. The highest BCUT2D eigenvalue weighted by Gasteiger charge is 2.18. The van der Waals surface area contributed by atoms with Crippen molar-refractivity contribution >= 4 is 15.9 Å². The van der Waals surface area contributed by atoms with Gasteiger partial charge in [-0.2, -0.15) is 0 Å². The molecule has 0 radical (unpaired) electrons. The van der Waals surface area contributed by atoms with Crippen LogP contribution in [0, 0.1) is 5.82 Å². The van der Waals surface area contributed by atoms with Crippen LogP contribution >= 0.6 is 15.9 Å². The minimum Gasteiger partial charge on any atom is -0.492 e. The van der Waals surface area contributed by atoms with Crippen LogP contribution in [0.15, 0.2) is 10.5 Å². The predicted octanol–water partition coefficient (Wildman–Crippen LogP) is 2.37. The maximum Gasteiger partial charge on any atom is 0.175 e. The molecule has 0 spiro atoms. The SMILES string of the molecule is CNCCc1c(F)cc(Br)c(OC)c1OC. The summed E-state index contributed by atoms with van der Waals surface area (Å²) >= 11 is 3.24.